The summed E-state index contributed by atoms with van der Waals surface area (Å²) in [6.45, 7) is -0.662. The first kappa shape index (κ1) is 18.2. The third-order valence-electron chi connectivity index (χ3n) is 6.12. The highest BCUT2D eigenvalue weighted by Crippen LogP contribution is 2.38. The van der Waals surface area contributed by atoms with Gasteiger partial charge in [0, 0.05) is 0 Å². The number of benzene rings is 2. The number of rotatable bonds is 4. The fraction of sp³-hybridized carbons (Fsp3) is 0.417. The Labute approximate surface area is 160 Å². The summed E-state index contributed by atoms with van der Waals surface area (Å²) in [6.07, 6.45) is 11.4. The second-order valence-electron chi connectivity index (χ2n) is 7.76. The molecule has 0 amide bonds. The van der Waals surface area contributed by atoms with Crippen molar-refractivity contribution >= 4 is 0 Å². The largest absolute Gasteiger partial charge is 0.435 e. The maximum atomic E-state index is 12.3. The first-order chi connectivity index (χ1) is 13.1. The second kappa shape index (κ2) is 7.84. The van der Waals surface area contributed by atoms with Crippen LogP contribution in [0.25, 0.3) is 0 Å². The Hall–Kier alpha value is -2.16. The lowest BCUT2D eigenvalue weighted by Gasteiger charge is -2.31. The number of hydrogen-bond donors (Lipinski definition) is 0. The number of halogens is 2. The van der Waals surface area contributed by atoms with Gasteiger partial charge in [0.15, 0.2) is 0 Å². The maximum Gasteiger partial charge on any atom is 0.387 e. The number of alkyl halides is 2. The van der Waals surface area contributed by atoms with Crippen LogP contribution in [-0.2, 0) is 25.7 Å². The average Bonchev–Trinajstić information content (AvgIpc) is 2.67. The minimum absolute atomic E-state index is 0.231. The second-order valence-corrected chi connectivity index (χ2v) is 7.76. The van der Waals surface area contributed by atoms with Crippen LogP contribution in [0.5, 0.6) is 5.75 Å². The van der Waals surface area contributed by atoms with Gasteiger partial charge in [0.25, 0.3) is 0 Å². The molecule has 0 fully saturated rings. The third-order valence-corrected chi connectivity index (χ3v) is 6.12. The van der Waals surface area contributed by atoms with Gasteiger partial charge in [0.2, 0.25) is 0 Å². The van der Waals surface area contributed by atoms with Crippen LogP contribution < -0.4 is 4.74 Å². The smallest absolute Gasteiger partial charge is 0.387 e. The van der Waals surface area contributed by atoms with E-state index in [-0.39, 0.29) is 5.75 Å². The SMILES string of the molecule is C/C=C\[C@H]1CCc2c(ccc3c2CC[C@H](c2ccc(OC(F)F)cc2)C3)C1. The lowest BCUT2D eigenvalue weighted by molar-refractivity contribution is -0.0498. The number of ether oxygens (including phenoxy) is 1. The normalized spacial score (nSPS) is 21.9. The molecule has 0 radical (unpaired) electrons. The van der Waals surface area contributed by atoms with E-state index in [0.717, 1.165) is 19.3 Å². The Kier molecular flexibility index (Phi) is 5.29. The van der Waals surface area contributed by atoms with Crippen molar-refractivity contribution in [3.63, 3.8) is 0 Å². The Morgan fingerprint density at radius 1 is 0.926 bits per heavy atom. The summed E-state index contributed by atoms with van der Waals surface area (Å²) in [5.41, 5.74) is 7.42. The molecule has 3 heteroatoms. The molecule has 1 nitrogen and oxygen atoms in total. The van der Waals surface area contributed by atoms with E-state index in [4.69, 9.17) is 0 Å². The molecule has 4 rings (SSSR count). The predicted molar refractivity (Wildman–Crippen MR) is 105 cm³/mol. The molecule has 27 heavy (non-hydrogen) atoms. The van der Waals surface area contributed by atoms with Crippen molar-refractivity contribution in [2.24, 2.45) is 5.92 Å². The highest BCUT2D eigenvalue weighted by Gasteiger charge is 2.26. The van der Waals surface area contributed by atoms with Gasteiger partial charge in [0.05, 0.1) is 0 Å². The van der Waals surface area contributed by atoms with Crippen LogP contribution in [0.2, 0.25) is 0 Å². The summed E-state index contributed by atoms with van der Waals surface area (Å²) in [5.74, 6) is 1.37. The molecule has 0 saturated carbocycles. The van der Waals surface area contributed by atoms with Crippen molar-refractivity contribution in [3.8, 4) is 5.75 Å². The summed E-state index contributed by atoms with van der Waals surface area (Å²) < 4.78 is 29.1. The number of allylic oxidation sites excluding steroid dienone is 2. The molecular weight excluding hydrogens is 342 g/mol. The van der Waals surface area contributed by atoms with Crippen molar-refractivity contribution in [1.82, 2.24) is 0 Å². The van der Waals surface area contributed by atoms with Crippen LogP contribution in [0.15, 0.2) is 48.6 Å². The van der Waals surface area contributed by atoms with Crippen LogP contribution in [0.1, 0.15) is 53.5 Å². The van der Waals surface area contributed by atoms with Crippen molar-refractivity contribution in [3.05, 3.63) is 76.4 Å². The molecule has 142 valence electrons. The van der Waals surface area contributed by atoms with Crippen LogP contribution in [0, 0.1) is 5.92 Å². The Morgan fingerprint density at radius 3 is 2.26 bits per heavy atom. The zero-order valence-corrected chi connectivity index (χ0v) is 15.8. The van der Waals surface area contributed by atoms with Crippen molar-refractivity contribution in [2.45, 2.75) is 58.0 Å². The minimum atomic E-state index is -2.77. The van der Waals surface area contributed by atoms with E-state index in [1.165, 1.54) is 36.0 Å². The number of fused-ring (bicyclic) bond motifs is 3. The minimum Gasteiger partial charge on any atom is -0.435 e. The van der Waals surface area contributed by atoms with E-state index in [9.17, 15) is 8.78 Å². The van der Waals surface area contributed by atoms with Gasteiger partial charge in [-0.15, -0.1) is 0 Å². The van der Waals surface area contributed by atoms with Gasteiger partial charge in [-0.2, -0.15) is 8.78 Å². The lowest BCUT2D eigenvalue weighted by Crippen LogP contribution is -2.20. The molecule has 2 aliphatic rings. The zero-order chi connectivity index (χ0) is 18.8. The first-order valence-electron chi connectivity index (χ1n) is 9.94. The van der Waals surface area contributed by atoms with E-state index in [2.05, 4.69) is 35.9 Å². The average molecular weight is 368 g/mol. The van der Waals surface area contributed by atoms with Gasteiger partial charge in [-0.3, -0.25) is 0 Å². The highest BCUT2D eigenvalue weighted by atomic mass is 19.3. The summed E-state index contributed by atoms with van der Waals surface area (Å²) in [7, 11) is 0. The molecule has 2 atom stereocenters. The molecule has 0 spiro atoms. The molecule has 0 aromatic heterocycles. The molecule has 0 saturated heterocycles. The summed E-state index contributed by atoms with van der Waals surface area (Å²) in [5, 5.41) is 0. The van der Waals surface area contributed by atoms with Gasteiger partial charge in [-0.05, 0) is 97.2 Å². The van der Waals surface area contributed by atoms with Crippen LogP contribution in [0.4, 0.5) is 8.78 Å². The topological polar surface area (TPSA) is 9.23 Å². The molecule has 0 heterocycles. The van der Waals surface area contributed by atoms with E-state index in [1.807, 2.05) is 12.1 Å². The van der Waals surface area contributed by atoms with Gasteiger partial charge >= 0.3 is 6.61 Å². The fourth-order valence-electron chi connectivity index (χ4n) is 4.84. The summed E-state index contributed by atoms with van der Waals surface area (Å²) in [4.78, 5) is 0. The Balaban J connectivity index is 1.51. The van der Waals surface area contributed by atoms with Gasteiger partial charge in [-0.1, -0.05) is 36.4 Å². The summed E-state index contributed by atoms with van der Waals surface area (Å²) >= 11 is 0. The predicted octanol–water partition coefficient (Wildman–Crippen LogP) is 6.24. The molecule has 0 aliphatic heterocycles. The van der Waals surface area contributed by atoms with Crippen molar-refractivity contribution < 1.29 is 13.5 Å². The molecule has 2 aromatic carbocycles. The maximum absolute atomic E-state index is 12.3. The molecule has 0 bridgehead atoms. The number of hydrogen-bond acceptors (Lipinski definition) is 1. The standard InChI is InChI=1S/C24H26F2O/c1-2-3-16-4-12-22-19(14-16)5-6-20-15-18(9-13-23(20)22)17-7-10-21(11-8-17)27-24(25)26/h2-3,5-8,10-11,16,18,24H,4,9,12-15H2,1H3/b3-2-/t16-,18-/m0/s1. The molecule has 0 unspecified atom stereocenters. The van der Waals surface area contributed by atoms with E-state index >= 15 is 0 Å². The van der Waals surface area contributed by atoms with Crippen molar-refractivity contribution in [2.75, 3.05) is 0 Å². The van der Waals surface area contributed by atoms with E-state index in [1.54, 1.807) is 23.3 Å². The first-order valence-corrected chi connectivity index (χ1v) is 9.94. The van der Waals surface area contributed by atoms with Gasteiger partial charge < -0.3 is 4.74 Å². The Morgan fingerprint density at radius 2 is 1.59 bits per heavy atom. The fourth-order valence-corrected chi connectivity index (χ4v) is 4.84. The van der Waals surface area contributed by atoms with Crippen LogP contribution in [0.3, 0.4) is 0 Å². The van der Waals surface area contributed by atoms with Crippen LogP contribution in [-0.4, -0.2) is 6.61 Å². The van der Waals surface area contributed by atoms with Gasteiger partial charge in [0.1, 0.15) is 5.75 Å². The third kappa shape index (κ3) is 3.92. The monoisotopic (exact) mass is 368 g/mol. The molecule has 0 N–H and O–H groups in total. The summed E-state index contributed by atoms with van der Waals surface area (Å²) in [6, 6.07) is 11.9. The molecular formula is C24H26F2O. The quantitative estimate of drug-likeness (QED) is 0.580. The van der Waals surface area contributed by atoms with Gasteiger partial charge in [-0.25, -0.2) is 0 Å². The highest BCUT2D eigenvalue weighted by molar-refractivity contribution is 5.46. The zero-order valence-electron chi connectivity index (χ0n) is 15.8. The lowest BCUT2D eigenvalue weighted by atomic mass is 9.74. The van der Waals surface area contributed by atoms with Crippen LogP contribution >= 0.6 is 0 Å². The molecule has 2 aromatic rings. The Bertz CT molecular complexity index is 823. The van der Waals surface area contributed by atoms with Crippen molar-refractivity contribution in [1.29, 1.82) is 0 Å². The van der Waals surface area contributed by atoms with E-state index < -0.39 is 6.61 Å². The molecule has 2 aliphatic carbocycles. The van der Waals surface area contributed by atoms with E-state index in [0.29, 0.717) is 11.8 Å².